The molecule has 2 rings (SSSR count). The number of halogens is 1. The Kier molecular flexibility index (Phi) is 2.40. The van der Waals surface area contributed by atoms with E-state index in [2.05, 4.69) is 32.0 Å². The average Bonchev–Trinajstić information content (AvgIpc) is 2.71. The Bertz CT molecular complexity index is 506. The standard InChI is InChI=1S/C9H6BrN3S/c1-5-12-6(4-11)9(13-5)7-2-3-8(10)14-7/h2-3H,1H3,(H,12,13). The van der Waals surface area contributed by atoms with E-state index >= 15 is 0 Å². The Morgan fingerprint density at radius 1 is 1.57 bits per heavy atom. The van der Waals surface area contributed by atoms with Crippen LogP contribution in [0.1, 0.15) is 11.5 Å². The number of H-pyrrole nitrogens is 1. The minimum absolute atomic E-state index is 0.455. The van der Waals surface area contributed by atoms with Crippen LogP contribution in [0.4, 0.5) is 0 Å². The van der Waals surface area contributed by atoms with E-state index in [0.717, 1.165) is 20.2 Å². The smallest absolute Gasteiger partial charge is 0.167 e. The van der Waals surface area contributed by atoms with Gasteiger partial charge >= 0.3 is 0 Å². The van der Waals surface area contributed by atoms with E-state index < -0.39 is 0 Å². The summed E-state index contributed by atoms with van der Waals surface area (Å²) in [6, 6.07) is 5.99. The van der Waals surface area contributed by atoms with Gasteiger partial charge in [0.15, 0.2) is 5.69 Å². The van der Waals surface area contributed by atoms with Gasteiger partial charge in [-0.25, -0.2) is 4.98 Å². The molecule has 0 aliphatic rings. The van der Waals surface area contributed by atoms with E-state index in [9.17, 15) is 0 Å². The zero-order valence-corrected chi connectivity index (χ0v) is 9.74. The third-order valence-electron chi connectivity index (χ3n) is 1.75. The Balaban J connectivity index is 2.56. The topological polar surface area (TPSA) is 52.5 Å². The Morgan fingerprint density at radius 2 is 2.36 bits per heavy atom. The van der Waals surface area contributed by atoms with Crippen LogP contribution in [0.3, 0.4) is 0 Å². The summed E-state index contributed by atoms with van der Waals surface area (Å²) in [7, 11) is 0. The van der Waals surface area contributed by atoms with Crippen LogP contribution in [-0.4, -0.2) is 9.97 Å². The molecular formula is C9H6BrN3S. The van der Waals surface area contributed by atoms with Gasteiger partial charge in [-0.05, 0) is 35.0 Å². The van der Waals surface area contributed by atoms with Crippen molar-refractivity contribution in [2.75, 3.05) is 0 Å². The second-order valence-electron chi connectivity index (χ2n) is 2.76. The van der Waals surface area contributed by atoms with Crippen molar-refractivity contribution < 1.29 is 0 Å². The molecule has 0 aliphatic carbocycles. The monoisotopic (exact) mass is 267 g/mol. The second kappa shape index (κ2) is 3.56. The van der Waals surface area contributed by atoms with Crippen molar-refractivity contribution in [1.29, 1.82) is 5.26 Å². The SMILES string of the molecule is Cc1nc(C#N)c(-c2ccc(Br)s2)[nH]1. The zero-order valence-electron chi connectivity index (χ0n) is 7.34. The maximum Gasteiger partial charge on any atom is 0.167 e. The van der Waals surface area contributed by atoms with Crippen LogP contribution in [0.25, 0.3) is 10.6 Å². The third-order valence-corrected chi connectivity index (χ3v) is 3.39. The number of imidazole rings is 1. The molecule has 1 N–H and O–H groups in total. The van der Waals surface area contributed by atoms with Crippen molar-refractivity contribution in [3.63, 3.8) is 0 Å². The molecule has 2 heterocycles. The van der Waals surface area contributed by atoms with Crippen LogP contribution in [0.5, 0.6) is 0 Å². The summed E-state index contributed by atoms with van der Waals surface area (Å²) in [5, 5.41) is 8.86. The number of aromatic nitrogens is 2. The molecule has 0 amide bonds. The summed E-state index contributed by atoms with van der Waals surface area (Å²) in [6.45, 7) is 1.84. The van der Waals surface area contributed by atoms with Crippen LogP contribution in [-0.2, 0) is 0 Å². The van der Waals surface area contributed by atoms with Crippen molar-refractivity contribution >= 4 is 27.3 Å². The van der Waals surface area contributed by atoms with Crippen LogP contribution >= 0.6 is 27.3 Å². The molecule has 70 valence electrons. The molecule has 5 heteroatoms. The first kappa shape index (κ1) is 9.44. The number of nitriles is 1. The molecule has 0 saturated heterocycles. The maximum absolute atomic E-state index is 8.86. The molecule has 3 nitrogen and oxygen atoms in total. The lowest BCUT2D eigenvalue weighted by molar-refractivity contribution is 1.14. The minimum atomic E-state index is 0.455. The summed E-state index contributed by atoms with van der Waals surface area (Å²) in [5.41, 5.74) is 1.26. The normalized spacial score (nSPS) is 10.1. The summed E-state index contributed by atoms with van der Waals surface area (Å²) >= 11 is 4.96. The van der Waals surface area contributed by atoms with Crippen LogP contribution in [0, 0.1) is 18.3 Å². The number of nitrogens with zero attached hydrogens (tertiary/aromatic N) is 2. The highest BCUT2D eigenvalue weighted by atomic mass is 79.9. The molecular weight excluding hydrogens is 262 g/mol. The fourth-order valence-electron chi connectivity index (χ4n) is 1.20. The lowest BCUT2D eigenvalue weighted by atomic mass is 10.3. The van der Waals surface area contributed by atoms with E-state index in [1.54, 1.807) is 11.3 Å². The Morgan fingerprint density at radius 3 is 2.93 bits per heavy atom. The molecule has 0 unspecified atom stereocenters. The summed E-state index contributed by atoms with van der Waals surface area (Å²) in [6.07, 6.45) is 0. The molecule has 0 aliphatic heterocycles. The lowest BCUT2D eigenvalue weighted by Crippen LogP contribution is -1.77. The molecule has 0 atom stereocenters. The Hall–Kier alpha value is -1.12. The van der Waals surface area contributed by atoms with E-state index in [1.165, 1.54) is 0 Å². The zero-order chi connectivity index (χ0) is 10.1. The van der Waals surface area contributed by atoms with Gasteiger partial charge in [-0.3, -0.25) is 0 Å². The predicted molar refractivity (Wildman–Crippen MR) is 59.1 cm³/mol. The van der Waals surface area contributed by atoms with Crippen molar-refractivity contribution in [2.45, 2.75) is 6.92 Å². The van der Waals surface area contributed by atoms with Crippen molar-refractivity contribution in [1.82, 2.24) is 9.97 Å². The maximum atomic E-state index is 8.86. The van der Waals surface area contributed by atoms with E-state index in [4.69, 9.17) is 5.26 Å². The van der Waals surface area contributed by atoms with E-state index in [-0.39, 0.29) is 0 Å². The van der Waals surface area contributed by atoms with Gasteiger partial charge in [-0.1, -0.05) is 0 Å². The number of hydrogen-bond donors (Lipinski definition) is 1. The number of rotatable bonds is 1. The summed E-state index contributed by atoms with van der Waals surface area (Å²) in [4.78, 5) is 8.19. The molecule has 0 bridgehead atoms. The highest BCUT2D eigenvalue weighted by Crippen LogP contribution is 2.31. The highest BCUT2D eigenvalue weighted by molar-refractivity contribution is 9.11. The predicted octanol–water partition coefficient (Wildman–Crippen LogP) is 3.08. The van der Waals surface area contributed by atoms with Gasteiger partial charge in [0.2, 0.25) is 0 Å². The molecule has 14 heavy (non-hydrogen) atoms. The third kappa shape index (κ3) is 1.59. The number of nitrogens with one attached hydrogen (secondary N) is 1. The van der Waals surface area contributed by atoms with Crippen LogP contribution in [0.15, 0.2) is 15.9 Å². The molecule has 0 radical (unpaired) electrons. The van der Waals surface area contributed by atoms with Gasteiger partial charge in [0, 0.05) is 0 Å². The van der Waals surface area contributed by atoms with Crippen LogP contribution in [0.2, 0.25) is 0 Å². The Labute approximate surface area is 93.5 Å². The number of hydrogen-bond acceptors (Lipinski definition) is 3. The molecule has 0 spiro atoms. The van der Waals surface area contributed by atoms with Crippen molar-refractivity contribution in [3.05, 3.63) is 27.4 Å². The van der Waals surface area contributed by atoms with Gasteiger partial charge in [0.05, 0.1) is 14.4 Å². The quantitative estimate of drug-likeness (QED) is 0.864. The molecule has 2 aromatic heterocycles. The fraction of sp³-hybridized carbons (Fsp3) is 0.111. The van der Waals surface area contributed by atoms with Crippen LogP contribution < -0.4 is 0 Å². The number of thiophene rings is 1. The number of aryl methyl sites for hydroxylation is 1. The molecule has 0 aromatic carbocycles. The van der Waals surface area contributed by atoms with Crippen molar-refractivity contribution in [3.8, 4) is 16.6 Å². The lowest BCUT2D eigenvalue weighted by Gasteiger charge is -1.90. The molecule has 2 aromatic rings. The largest absolute Gasteiger partial charge is 0.340 e. The van der Waals surface area contributed by atoms with Gasteiger partial charge in [-0.15, -0.1) is 11.3 Å². The average molecular weight is 268 g/mol. The van der Waals surface area contributed by atoms with Gasteiger partial charge in [0.25, 0.3) is 0 Å². The first-order valence-corrected chi connectivity index (χ1v) is 5.54. The highest BCUT2D eigenvalue weighted by Gasteiger charge is 2.11. The minimum Gasteiger partial charge on any atom is -0.340 e. The summed E-state index contributed by atoms with van der Waals surface area (Å²) in [5.74, 6) is 0.765. The second-order valence-corrected chi connectivity index (χ2v) is 5.22. The number of aromatic amines is 1. The molecule has 0 fully saturated rings. The molecule has 0 saturated carbocycles. The van der Waals surface area contributed by atoms with Crippen molar-refractivity contribution in [2.24, 2.45) is 0 Å². The first-order valence-electron chi connectivity index (χ1n) is 3.93. The van der Waals surface area contributed by atoms with Gasteiger partial charge in [0.1, 0.15) is 11.9 Å². The van der Waals surface area contributed by atoms with Gasteiger partial charge < -0.3 is 4.98 Å². The van der Waals surface area contributed by atoms with E-state index in [0.29, 0.717) is 5.69 Å². The summed E-state index contributed by atoms with van der Waals surface area (Å²) < 4.78 is 1.05. The first-order chi connectivity index (χ1) is 6.70. The fourth-order valence-corrected chi connectivity index (χ4v) is 2.59. The van der Waals surface area contributed by atoms with E-state index in [1.807, 2.05) is 19.1 Å². The van der Waals surface area contributed by atoms with Gasteiger partial charge in [-0.2, -0.15) is 5.26 Å².